The molecule has 0 amide bonds. The Balaban J connectivity index is 1.69. The Hall–Kier alpha value is -2.60. The molecule has 6 heteroatoms. The molecule has 1 aliphatic carbocycles. The Morgan fingerprint density at radius 1 is 1.32 bits per heavy atom. The number of phenols is 1. The molecule has 6 nitrogen and oxygen atoms in total. The summed E-state index contributed by atoms with van der Waals surface area (Å²) in [5, 5.41) is 10.4. The highest BCUT2D eigenvalue weighted by molar-refractivity contribution is 5.84. The zero-order valence-corrected chi connectivity index (χ0v) is 16.5. The maximum absolute atomic E-state index is 12.5. The first-order valence-electron chi connectivity index (χ1n) is 9.71. The van der Waals surface area contributed by atoms with Crippen molar-refractivity contribution in [3.8, 4) is 17.0 Å². The summed E-state index contributed by atoms with van der Waals surface area (Å²) in [6.45, 7) is 5.63. The number of methoxy groups -OCH3 is 1. The molecule has 1 saturated heterocycles. The van der Waals surface area contributed by atoms with E-state index in [1.807, 2.05) is 50.2 Å². The summed E-state index contributed by atoms with van der Waals surface area (Å²) >= 11 is 0. The maximum atomic E-state index is 12.5. The first-order chi connectivity index (χ1) is 13.5. The Labute approximate surface area is 165 Å². The molecule has 1 N–H and O–H groups in total. The molecule has 0 unspecified atom stereocenters. The molecule has 3 atom stereocenters. The summed E-state index contributed by atoms with van der Waals surface area (Å²) in [7, 11) is 1.45. The summed E-state index contributed by atoms with van der Waals surface area (Å²) in [5.74, 6) is 1.15. The fraction of sp³-hybridized carbons (Fsp3) is 0.455. The van der Waals surface area contributed by atoms with Crippen molar-refractivity contribution in [2.45, 2.75) is 26.3 Å². The molecule has 0 radical (unpaired) electrons. The summed E-state index contributed by atoms with van der Waals surface area (Å²) in [6, 6.07) is 11.3. The van der Waals surface area contributed by atoms with Gasteiger partial charge in [0.05, 0.1) is 30.9 Å². The minimum atomic E-state index is -0.493. The van der Waals surface area contributed by atoms with E-state index in [9.17, 15) is 9.90 Å². The van der Waals surface area contributed by atoms with Gasteiger partial charge in [0, 0.05) is 18.7 Å². The molecule has 2 aliphatic rings. The first kappa shape index (κ1) is 18.7. The van der Waals surface area contributed by atoms with E-state index < -0.39 is 5.41 Å². The Morgan fingerprint density at radius 2 is 2.11 bits per heavy atom. The number of ether oxygens (including phenoxy) is 2. The van der Waals surface area contributed by atoms with Crippen molar-refractivity contribution in [1.82, 2.24) is 4.98 Å². The number of nitrogens with zero attached hydrogens (tertiary/aromatic N) is 2. The SMILES string of the molecule is CCOC[C@@H]1N(c2cccc(-c3cccc(C)c3O)n2)C[C@@H]2C[C@@]21C(=O)OC. The highest BCUT2D eigenvalue weighted by Gasteiger charge is 2.71. The van der Waals surface area contributed by atoms with Crippen LogP contribution in [0, 0.1) is 18.3 Å². The number of anilines is 1. The Bertz CT molecular complexity index is 900. The number of rotatable bonds is 6. The van der Waals surface area contributed by atoms with Crippen molar-refractivity contribution in [2.75, 3.05) is 31.8 Å². The van der Waals surface area contributed by atoms with Crippen LogP contribution in [0.4, 0.5) is 5.82 Å². The number of piperidine rings is 1. The fourth-order valence-electron chi connectivity index (χ4n) is 4.52. The van der Waals surface area contributed by atoms with Crippen LogP contribution < -0.4 is 4.90 Å². The number of fused-ring (bicyclic) bond motifs is 1. The molecule has 1 saturated carbocycles. The topological polar surface area (TPSA) is 71.9 Å². The lowest BCUT2D eigenvalue weighted by Gasteiger charge is -2.32. The smallest absolute Gasteiger partial charge is 0.314 e. The number of carbonyl (C=O) groups is 1. The van der Waals surface area contributed by atoms with E-state index in [1.54, 1.807) is 0 Å². The number of para-hydroxylation sites is 1. The second-order valence-corrected chi connectivity index (χ2v) is 7.61. The third kappa shape index (κ3) is 2.83. The van der Waals surface area contributed by atoms with Gasteiger partial charge in [-0.2, -0.15) is 0 Å². The number of phenolic OH excluding ortho intramolecular Hbond substituents is 1. The second kappa shape index (κ2) is 7.09. The number of benzene rings is 1. The molecule has 2 heterocycles. The van der Waals surface area contributed by atoms with E-state index in [0.717, 1.165) is 24.3 Å². The number of aromatic hydroxyl groups is 1. The van der Waals surface area contributed by atoms with Crippen molar-refractivity contribution in [2.24, 2.45) is 11.3 Å². The second-order valence-electron chi connectivity index (χ2n) is 7.61. The Morgan fingerprint density at radius 3 is 2.86 bits per heavy atom. The van der Waals surface area contributed by atoms with Gasteiger partial charge in [-0.15, -0.1) is 0 Å². The van der Waals surface area contributed by atoms with Crippen LogP contribution >= 0.6 is 0 Å². The number of carbonyl (C=O) groups excluding carboxylic acids is 1. The predicted molar refractivity (Wildman–Crippen MR) is 106 cm³/mol. The fourth-order valence-corrected chi connectivity index (χ4v) is 4.52. The van der Waals surface area contributed by atoms with E-state index in [-0.39, 0.29) is 23.7 Å². The molecular formula is C22H26N2O4. The summed E-state index contributed by atoms with van der Waals surface area (Å²) in [6.07, 6.45) is 0.840. The van der Waals surface area contributed by atoms with Crippen LogP contribution in [-0.2, 0) is 14.3 Å². The summed E-state index contributed by atoms with van der Waals surface area (Å²) < 4.78 is 10.8. The quantitative estimate of drug-likeness (QED) is 0.774. The lowest BCUT2D eigenvalue weighted by molar-refractivity contribution is -0.148. The average molecular weight is 382 g/mol. The molecule has 1 aromatic heterocycles. The molecule has 148 valence electrons. The molecule has 28 heavy (non-hydrogen) atoms. The van der Waals surface area contributed by atoms with Crippen LogP contribution in [0.2, 0.25) is 0 Å². The van der Waals surface area contributed by atoms with Gasteiger partial charge in [0.15, 0.2) is 0 Å². The molecule has 2 fully saturated rings. The number of aryl methyl sites for hydroxylation is 1. The highest BCUT2D eigenvalue weighted by atomic mass is 16.5. The highest BCUT2D eigenvalue weighted by Crippen LogP contribution is 2.62. The zero-order valence-electron chi connectivity index (χ0n) is 16.5. The van der Waals surface area contributed by atoms with Gasteiger partial charge >= 0.3 is 5.97 Å². The minimum absolute atomic E-state index is 0.0984. The van der Waals surface area contributed by atoms with Crippen LogP contribution in [0.5, 0.6) is 5.75 Å². The van der Waals surface area contributed by atoms with E-state index in [1.165, 1.54) is 7.11 Å². The third-order valence-electron chi connectivity index (χ3n) is 6.13. The molecule has 4 rings (SSSR count). The van der Waals surface area contributed by atoms with Crippen LogP contribution in [0.1, 0.15) is 18.9 Å². The van der Waals surface area contributed by atoms with E-state index >= 15 is 0 Å². The largest absolute Gasteiger partial charge is 0.507 e. The normalized spacial score (nSPS) is 25.5. The van der Waals surface area contributed by atoms with Crippen molar-refractivity contribution >= 4 is 11.8 Å². The van der Waals surface area contributed by atoms with Gasteiger partial charge in [-0.1, -0.05) is 18.2 Å². The van der Waals surface area contributed by atoms with Crippen LogP contribution in [0.3, 0.4) is 0 Å². The van der Waals surface area contributed by atoms with Gasteiger partial charge in [-0.3, -0.25) is 4.79 Å². The van der Waals surface area contributed by atoms with Crippen molar-refractivity contribution in [3.63, 3.8) is 0 Å². The van der Waals surface area contributed by atoms with Gasteiger partial charge < -0.3 is 19.5 Å². The standard InChI is InChI=1S/C22H26N2O4/c1-4-28-13-18-22(21(26)27-3)11-15(22)12-24(18)19-10-6-9-17(23-19)16-8-5-7-14(2)20(16)25/h5-10,15,18,25H,4,11-13H2,1-3H3/t15-,18-,22+/m0/s1. The summed E-state index contributed by atoms with van der Waals surface area (Å²) in [5.41, 5.74) is 1.73. The van der Waals surface area contributed by atoms with Crippen LogP contribution in [-0.4, -0.2) is 49.0 Å². The van der Waals surface area contributed by atoms with Gasteiger partial charge in [0.1, 0.15) is 11.6 Å². The lowest BCUT2D eigenvalue weighted by Crippen LogP contribution is -2.44. The molecule has 1 aliphatic heterocycles. The number of aromatic nitrogens is 1. The molecule has 1 aromatic carbocycles. The number of hydrogen-bond acceptors (Lipinski definition) is 6. The molecular weight excluding hydrogens is 356 g/mol. The maximum Gasteiger partial charge on any atom is 0.314 e. The lowest BCUT2D eigenvalue weighted by atomic mass is 9.96. The van der Waals surface area contributed by atoms with E-state index in [2.05, 4.69) is 4.90 Å². The van der Waals surface area contributed by atoms with E-state index in [4.69, 9.17) is 14.5 Å². The van der Waals surface area contributed by atoms with Crippen molar-refractivity contribution < 1.29 is 19.4 Å². The summed E-state index contributed by atoms with van der Waals surface area (Å²) in [4.78, 5) is 19.5. The monoisotopic (exact) mass is 382 g/mol. The predicted octanol–water partition coefficient (Wildman–Crippen LogP) is 3.17. The van der Waals surface area contributed by atoms with Gasteiger partial charge in [-0.05, 0) is 49.9 Å². The minimum Gasteiger partial charge on any atom is -0.507 e. The van der Waals surface area contributed by atoms with Gasteiger partial charge in [0.25, 0.3) is 0 Å². The number of pyridine rings is 1. The molecule has 0 bridgehead atoms. The van der Waals surface area contributed by atoms with E-state index in [0.29, 0.717) is 24.5 Å². The van der Waals surface area contributed by atoms with Crippen molar-refractivity contribution in [1.29, 1.82) is 0 Å². The Kier molecular flexibility index (Phi) is 4.75. The zero-order chi connectivity index (χ0) is 19.9. The number of hydrogen-bond donors (Lipinski definition) is 1. The number of esters is 1. The van der Waals surface area contributed by atoms with Gasteiger partial charge in [0.2, 0.25) is 0 Å². The van der Waals surface area contributed by atoms with Crippen LogP contribution in [0.15, 0.2) is 36.4 Å². The first-order valence-corrected chi connectivity index (χ1v) is 9.71. The molecule has 2 aromatic rings. The van der Waals surface area contributed by atoms with Crippen molar-refractivity contribution in [3.05, 3.63) is 42.0 Å². The van der Waals surface area contributed by atoms with Gasteiger partial charge in [-0.25, -0.2) is 4.98 Å². The third-order valence-corrected chi connectivity index (χ3v) is 6.13. The average Bonchev–Trinajstić information content (AvgIpc) is 3.35. The molecule has 0 spiro atoms. The van der Waals surface area contributed by atoms with Crippen LogP contribution in [0.25, 0.3) is 11.3 Å².